The number of ketones is 1. The quantitative estimate of drug-likeness (QED) is 0.139. The molecule has 0 N–H and O–H groups in total. The lowest BCUT2D eigenvalue weighted by molar-refractivity contribution is -0.119. The third kappa shape index (κ3) is 12.5. The Morgan fingerprint density at radius 2 is 0.886 bits per heavy atom. The van der Waals surface area contributed by atoms with Crippen LogP contribution in [-0.2, 0) is 17.6 Å². The summed E-state index contributed by atoms with van der Waals surface area (Å²) in [7, 11) is 0. The van der Waals surface area contributed by atoms with E-state index in [9.17, 15) is 4.79 Å². The highest BCUT2D eigenvalue weighted by molar-refractivity contribution is 5.78. The molecule has 0 aromatic heterocycles. The molecule has 2 aromatic carbocycles. The molecule has 2 saturated carbocycles. The van der Waals surface area contributed by atoms with Crippen molar-refractivity contribution in [1.29, 1.82) is 0 Å². The van der Waals surface area contributed by atoms with Gasteiger partial charge in [-0.25, -0.2) is 0 Å². The van der Waals surface area contributed by atoms with Crippen LogP contribution in [0.3, 0.4) is 0 Å². The predicted octanol–water partition coefficient (Wildman–Crippen LogP) is 13.1. The summed E-state index contributed by atoms with van der Waals surface area (Å²) < 4.78 is 0. The van der Waals surface area contributed by atoms with Crippen LogP contribution in [0.4, 0.5) is 0 Å². The molecule has 0 unspecified atom stereocenters. The van der Waals surface area contributed by atoms with Gasteiger partial charge >= 0.3 is 0 Å². The Bertz CT molecular complexity index is 934. The van der Waals surface area contributed by atoms with Crippen molar-refractivity contribution in [2.45, 2.75) is 180 Å². The summed E-state index contributed by atoms with van der Waals surface area (Å²) in [5, 5.41) is 0. The number of benzene rings is 2. The third-order valence-corrected chi connectivity index (χ3v) is 11.4. The molecule has 244 valence electrons. The molecule has 0 saturated heterocycles. The molecule has 0 amide bonds. The molecular formula is C43H66O. The van der Waals surface area contributed by atoms with Gasteiger partial charge in [0, 0.05) is 12.8 Å². The fourth-order valence-electron chi connectivity index (χ4n) is 8.28. The van der Waals surface area contributed by atoms with Crippen molar-refractivity contribution >= 4 is 5.78 Å². The highest BCUT2D eigenvalue weighted by atomic mass is 16.1. The molecule has 4 rings (SSSR count). The zero-order chi connectivity index (χ0) is 30.8. The molecule has 0 heterocycles. The summed E-state index contributed by atoms with van der Waals surface area (Å²) in [6.45, 7) is 4.56. The Morgan fingerprint density at radius 3 is 1.25 bits per heavy atom. The lowest BCUT2D eigenvalue weighted by atomic mass is 9.76. The number of rotatable bonds is 20. The van der Waals surface area contributed by atoms with Crippen molar-refractivity contribution < 1.29 is 4.79 Å². The van der Waals surface area contributed by atoms with E-state index >= 15 is 0 Å². The SMILES string of the molecule is CCCCCc1ccc(C2CCC(CCCCC(=O)CCCC[C@H]3CC[C@H](c4ccc(CCCCC)cc4)CC3)CC2)cc1. The van der Waals surface area contributed by atoms with Gasteiger partial charge in [0.05, 0.1) is 0 Å². The van der Waals surface area contributed by atoms with Gasteiger partial charge in [-0.15, -0.1) is 0 Å². The number of carbonyl (C=O) groups excluding carboxylic acids is 1. The highest BCUT2D eigenvalue weighted by Crippen LogP contribution is 2.39. The van der Waals surface area contributed by atoms with Crippen LogP contribution in [-0.4, -0.2) is 5.78 Å². The Labute approximate surface area is 272 Å². The number of hydrogen-bond acceptors (Lipinski definition) is 1. The van der Waals surface area contributed by atoms with Gasteiger partial charge in [0.15, 0.2) is 0 Å². The molecule has 2 aliphatic carbocycles. The normalized spacial score (nSPS) is 22.2. The summed E-state index contributed by atoms with van der Waals surface area (Å²) >= 11 is 0. The van der Waals surface area contributed by atoms with Crippen LogP contribution in [0.2, 0.25) is 0 Å². The first-order valence-electron chi connectivity index (χ1n) is 19.3. The minimum Gasteiger partial charge on any atom is -0.300 e. The molecule has 0 spiro atoms. The number of carbonyl (C=O) groups is 1. The van der Waals surface area contributed by atoms with Crippen molar-refractivity contribution in [3.8, 4) is 0 Å². The minimum atomic E-state index is 0.522. The first-order valence-corrected chi connectivity index (χ1v) is 19.3. The standard InChI is InChI=1S/C43H66O/c1-3-5-7-13-35-19-27-39(28-20-35)41-31-23-37(24-32-41)15-9-11-17-43(44)18-12-10-16-38-25-33-42(34-26-38)40-29-21-36(22-30-40)14-8-6-4-2/h19-22,27-30,37-38,41-42H,3-18,23-26,31-34H2,1-2H3/t37-,38?,41-,42?. The molecule has 2 fully saturated rings. The van der Waals surface area contributed by atoms with Crippen LogP contribution in [0.15, 0.2) is 48.5 Å². The first-order chi connectivity index (χ1) is 21.6. The summed E-state index contributed by atoms with van der Waals surface area (Å²) in [6.07, 6.45) is 30.4. The van der Waals surface area contributed by atoms with Crippen LogP contribution >= 0.6 is 0 Å². The summed E-state index contributed by atoms with van der Waals surface area (Å²) in [5.41, 5.74) is 6.16. The molecule has 0 radical (unpaired) electrons. The van der Waals surface area contributed by atoms with Gasteiger partial charge in [0.25, 0.3) is 0 Å². The van der Waals surface area contributed by atoms with E-state index in [-0.39, 0.29) is 0 Å². The number of hydrogen-bond donors (Lipinski definition) is 0. The van der Waals surface area contributed by atoms with E-state index in [4.69, 9.17) is 0 Å². The second-order valence-electron chi connectivity index (χ2n) is 14.9. The van der Waals surface area contributed by atoms with Gasteiger partial charge < -0.3 is 0 Å². The number of unbranched alkanes of at least 4 members (excludes halogenated alkanes) is 6. The zero-order valence-corrected chi connectivity index (χ0v) is 28.8. The first kappa shape index (κ1) is 35.0. The van der Waals surface area contributed by atoms with Crippen molar-refractivity contribution in [2.75, 3.05) is 0 Å². The zero-order valence-electron chi connectivity index (χ0n) is 28.8. The van der Waals surface area contributed by atoms with E-state index in [1.807, 2.05) is 0 Å². The summed E-state index contributed by atoms with van der Waals surface area (Å²) in [6, 6.07) is 19.2. The van der Waals surface area contributed by atoms with Crippen molar-refractivity contribution in [2.24, 2.45) is 11.8 Å². The van der Waals surface area contributed by atoms with Gasteiger partial charge in [0.1, 0.15) is 5.78 Å². The molecule has 0 bridgehead atoms. The van der Waals surface area contributed by atoms with Crippen LogP contribution < -0.4 is 0 Å². The Hall–Kier alpha value is -1.89. The Kier molecular flexibility index (Phi) is 16.1. The minimum absolute atomic E-state index is 0.522. The lowest BCUT2D eigenvalue weighted by Crippen LogP contribution is -2.13. The molecular weight excluding hydrogens is 532 g/mol. The van der Waals surface area contributed by atoms with Crippen molar-refractivity contribution in [3.63, 3.8) is 0 Å². The fourth-order valence-corrected chi connectivity index (χ4v) is 8.28. The topological polar surface area (TPSA) is 17.1 Å². The molecule has 1 nitrogen and oxygen atoms in total. The predicted molar refractivity (Wildman–Crippen MR) is 191 cm³/mol. The Balaban J connectivity index is 0.985. The van der Waals surface area contributed by atoms with Gasteiger partial charge in [-0.05, 0) is 136 Å². The van der Waals surface area contributed by atoms with E-state index in [1.165, 1.54) is 140 Å². The molecule has 0 atom stereocenters. The van der Waals surface area contributed by atoms with Gasteiger partial charge in [-0.2, -0.15) is 0 Å². The molecule has 44 heavy (non-hydrogen) atoms. The largest absolute Gasteiger partial charge is 0.300 e. The van der Waals surface area contributed by atoms with E-state index in [0.29, 0.717) is 5.78 Å². The highest BCUT2D eigenvalue weighted by Gasteiger charge is 2.23. The smallest absolute Gasteiger partial charge is 0.132 e. The maximum absolute atomic E-state index is 12.5. The fraction of sp³-hybridized carbons (Fsp3) is 0.698. The van der Waals surface area contributed by atoms with E-state index in [1.54, 1.807) is 11.1 Å². The number of aryl methyl sites for hydroxylation is 2. The monoisotopic (exact) mass is 599 g/mol. The maximum atomic E-state index is 12.5. The second kappa shape index (κ2) is 20.3. The van der Waals surface area contributed by atoms with Gasteiger partial charge in [-0.3, -0.25) is 4.79 Å². The van der Waals surface area contributed by atoms with Gasteiger partial charge in [-0.1, -0.05) is 114 Å². The summed E-state index contributed by atoms with van der Waals surface area (Å²) in [5.74, 6) is 3.84. The average molecular weight is 599 g/mol. The molecule has 0 aliphatic heterocycles. The lowest BCUT2D eigenvalue weighted by Gasteiger charge is -2.29. The van der Waals surface area contributed by atoms with Crippen molar-refractivity contribution in [1.82, 2.24) is 0 Å². The molecule has 2 aromatic rings. The average Bonchev–Trinajstić information content (AvgIpc) is 3.07. The Morgan fingerprint density at radius 1 is 0.500 bits per heavy atom. The van der Waals surface area contributed by atoms with Crippen LogP contribution in [0, 0.1) is 11.8 Å². The van der Waals surface area contributed by atoms with E-state index in [2.05, 4.69) is 62.4 Å². The van der Waals surface area contributed by atoms with E-state index in [0.717, 1.165) is 49.4 Å². The van der Waals surface area contributed by atoms with Crippen LogP contribution in [0.5, 0.6) is 0 Å². The van der Waals surface area contributed by atoms with Gasteiger partial charge in [0.2, 0.25) is 0 Å². The molecule has 2 aliphatic rings. The number of Topliss-reactive ketones (excluding diaryl/α,β-unsaturated/α-hetero) is 1. The van der Waals surface area contributed by atoms with E-state index < -0.39 is 0 Å². The third-order valence-electron chi connectivity index (χ3n) is 11.4. The van der Waals surface area contributed by atoms with Crippen LogP contribution in [0.1, 0.15) is 189 Å². The second-order valence-corrected chi connectivity index (χ2v) is 14.9. The van der Waals surface area contributed by atoms with Crippen LogP contribution in [0.25, 0.3) is 0 Å². The maximum Gasteiger partial charge on any atom is 0.132 e. The summed E-state index contributed by atoms with van der Waals surface area (Å²) in [4.78, 5) is 12.5. The molecule has 1 heteroatoms. The van der Waals surface area contributed by atoms with Crippen molar-refractivity contribution in [3.05, 3.63) is 70.8 Å².